The van der Waals surface area contributed by atoms with E-state index in [2.05, 4.69) is 36.5 Å². The molecule has 0 aliphatic heterocycles. The Balaban J connectivity index is 2.44. The summed E-state index contributed by atoms with van der Waals surface area (Å²) in [7, 11) is 0. The predicted octanol–water partition coefficient (Wildman–Crippen LogP) is 2.41. The van der Waals surface area contributed by atoms with Crippen molar-refractivity contribution in [1.82, 2.24) is 20.4 Å². The molecule has 0 aliphatic rings. The van der Waals surface area contributed by atoms with Gasteiger partial charge in [0.05, 0.1) is 12.7 Å². The lowest BCUT2D eigenvalue weighted by Crippen LogP contribution is -2.47. The Kier molecular flexibility index (Phi) is 4.97. The van der Waals surface area contributed by atoms with Gasteiger partial charge in [-0.05, 0) is 39.2 Å². The maximum absolute atomic E-state index is 11.6. The van der Waals surface area contributed by atoms with Crippen molar-refractivity contribution in [3.63, 3.8) is 0 Å². The van der Waals surface area contributed by atoms with Crippen LogP contribution in [0.15, 0.2) is 6.20 Å². The van der Waals surface area contributed by atoms with Crippen LogP contribution in [-0.4, -0.2) is 27.9 Å². The zero-order valence-corrected chi connectivity index (χ0v) is 12.9. The second-order valence-corrected chi connectivity index (χ2v) is 6.19. The molecule has 2 amide bonds. The quantitative estimate of drug-likeness (QED) is 0.879. The molecule has 0 saturated heterocycles. The number of rotatable bonds is 4. The molecular formula is C14H26N4O. The van der Waals surface area contributed by atoms with Crippen LogP contribution in [0.25, 0.3) is 0 Å². The number of carbonyl (C=O) groups excluding carboxylic acids is 1. The molecule has 0 atom stereocenters. The molecule has 0 radical (unpaired) electrons. The maximum atomic E-state index is 11.6. The monoisotopic (exact) mass is 266 g/mol. The Hall–Kier alpha value is -1.52. The van der Waals surface area contributed by atoms with Gasteiger partial charge in [-0.2, -0.15) is 5.10 Å². The Morgan fingerprint density at radius 1 is 1.42 bits per heavy atom. The third kappa shape index (κ3) is 4.93. The van der Waals surface area contributed by atoms with Crippen molar-refractivity contribution < 1.29 is 4.79 Å². The van der Waals surface area contributed by atoms with Gasteiger partial charge in [0.15, 0.2) is 0 Å². The van der Waals surface area contributed by atoms with Crippen LogP contribution in [0.3, 0.4) is 0 Å². The summed E-state index contributed by atoms with van der Waals surface area (Å²) in [5.41, 5.74) is 2.23. The van der Waals surface area contributed by atoms with E-state index in [-0.39, 0.29) is 11.6 Å². The van der Waals surface area contributed by atoms with Gasteiger partial charge < -0.3 is 10.6 Å². The van der Waals surface area contributed by atoms with Crippen molar-refractivity contribution in [2.24, 2.45) is 0 Å². The lowest BCUT2D eigenvalue weighted by molar-refractivity contribution is 0.231. The highest BCUT2D eigenvalue weighted by molar-refractivity contribution is 5.74. The first kappa shape index (κ1) is 15.5. The minimum Gasteiger partial charge on any atom is -0.336 e. The molecular weight excluding hydrogens is 240 g/mol. The molecule has 1 heterocycles. The van der Waals surface area contributed by atoms with Crippen LogP contribution in [0.5, 0.6) is 0 Å². The molecule has 0 spiro atoms. The number of urea groups is 1. The smallest absolute Gasteiger partial charge is 0.315 e. The van der Waals surface area contributed by atoms with Gasteiger partial charge in [0.2, 0.25) is 0 Å². The van der Waals surface area contributed by atoms with E-state index >= 15 is 0 Å². The molecule has 5 heteroatoms. The molecule has 1 aromatic heterocycles. The molecule has 0 unspecified atom stereocenters. The van der Waals surface area contributed by atoms with E-state index < -0.39 is 0 Å². The first-order valence-electron chi connectivity index (χ1n) is 6.79. The SMILES string of the molecule is Cc1c(C(C)C)cnn1CCNC(=O)NC(C)(C)C. The maximum Gasteiger partial charge on any atom is 0.315 e. The summed E-state index contributed by atoms with van der Waals surface area (Å²) in [4.78, 5) is 11.6. The van der Waals surface area contributed by atoms with Crippen molar-refractivity contribution in [3.8, 4) is 0 Å². The number of aromatic nitrogens is 2. The Morgan fingerprint density at radius 2 is 2.05 bits per heavy atom. The zero-order chi connectivity index (χ0) is 14.6. The summed E-state index contributed by atoms with van der Waals surface area (Å²) in [5.74, 6) is 0.478. The standard InChI is InChI=1S/C14H26N4O/c1-10(2)12-9-16-18(11(12)3)8-7-15-13(19)17-14(4,5)6/h9-10H,7-8H2,1-6H3,(H2,15,17,19). The summed E-state index contributed by atoms with van der Waals surface area (Å²) in [6.07, 6.45) is 1.91. The summed E-state index contributed by atoms with van der Waals surface area (Å²) >= 11 is 0. The Morgan fingerprint density at radius 3 is 2.53 bits per heavy atom. The van der Waals surface area contributed by atoms with Gasteiger partial charge in [0, 0.05) is 17.8 Å². The van der Waals surface area contributed by atoms with Crippen molar-refractivity contribution in [2.75, 3.05) is 6.54 Å². The van der Waals surface area contributed by atoms with Gasteiger partial charge in [0.1, 0.15) is 0 Å². The Labute approximate surface area is 115 Å². The molecule has 0 saturated carbocycles. The molecule has 0 aromatic carbocycles. The molecule has 2 N–H and O–H groups in total. The molecule has 5 nitrogen and oxygen atoms in total. The summed E-state index contributed by atoms with van der Waals surface area (Å²) in [6, 6.07) is -0.138. The first-order chi connectivity index (χ1) is 8.70. The Bertz CT molecular complexity index is 429. The number of nitrogens with zero attached hydrogens (tertiary/aromatic N) is 2. The predicted molar refractivity (Wildman–Crippen MR) is 77.3 cm³/mol. The fourth-order valence-corrected chi connectivity index (χ4v) is 1.91. The lowest BCUT2D eigenvalue weighted by Gasteiger charge is -2.20. The largest absolute Gasteiger partial charge is 0.336 e. The molecule has 1 rings (SSSR count). The highest BCUT2D eigenvalue weighted by Crippen LogP contribution is 2.17. The van der Waals surface area contributed by atoms with Crippen LogP contribution < -0.4 is 10.6 Å². The average Bonchev–Trinajstić information content (AvgIpc) is 2.57. The van der Waals surface area contributed by atoms with Gasteiger partial charge >= 0.3 is 6.03 Å². The van der Waals surface area contributed by atoms with Crippen molar-refractivity contribution in [2.45, 2.75) is 59.5 Å². The van der Waals surface area contributed by atoms with Gasteiger partial charge in [-0.15, -0.1) is 0 Å². The van der Waals surface area contributed by atoms with Crippen LogP contribution in [0, 0.1) is 6.92 Å². The minimum absolute atomic E-state index is 0.138. The topological polar surface area (TPSA) is 59.0 Å². The molecule has 108 valence electrons. The molecule has 19 heavy (non-hydrogen) atoms. The van der Waals surface area contributed by atoms with E-state index in [1.54, 1.807) is 0 Å². The van der Waals surface area contributed by atoms with Gasteiger partial charge in [-0.25, -0.2) is 4.79 Å². The van der Waals surface area contributed by atoms with Crippen LogP contribution in [-0.2, 0) is 6.54 Å². The minimum atomic E-state index is -0.212. The van der Waals surface area contributed by atoms with E-state index in [1.807, 2.05) is 31.6 Å². The number of hydrogen-bond acceptors (Lipinski definition) is 2. The molecule has 0 bridgehead atoms. The van der Waals surface area contributed by atoms with Gasteiger partial charge in [0.25, 0.3) is 0 Å². The van der Waals surface area contributed by atoms with Gasteiger partial charge in [-0.3, -0.25) is 4.68 Å². The van der Waals surface area contributed by atoms with Crippen molar-refractivity contribution >= 4 is 6.03 Å². The molecule has 1 aromatic rings. The molecule has 0 fully saturated rings. The zero-order valence-electron chi connectivity index (χ0n) is 12.9. The van der Waals surface area contributed by atoms with E-state index in [9.17, 15) is 4.79 Å². The van der Waals surface area contributed by atoms with E-state index in [4.69, 9.17) is 0 Å². The first-order valence-corrected chi connectivity index (χ1v) is 6.79. The van der Waals surface area contributed by atoms with Crippen LogP contribution in [0.4, 0.5) is 4.79 Å². The fraction of sp³-hybridized carbons (Fsp3) is 0.714. The second-order valence-electron chi connectivity index (χ2n) is 6.19. The highest BCUT2D eigenvalue weighted by atomic mass is 16.2. The fourth-order valence-electron chi connectivity index (χ4n) is 1.91. The third-order valence-electron chi connectivity index (χ3n) is 2.86. The van der Waals surface area contributed by atoms with Crippen molar-refractivity contribution in [1.29, 1.82) is 0 Å². The lowest BCUT2D eigenvalue weighted by atomic mass is 10.1. The van der Waals surface area contributed by atoms with E-state index in [1.165, 1.54) is 11.3 Å². The number of amides is 2. The van der Waals surface area contributed by atoms with Crippen LogP contribution in [0.2, 0.25) is 0 Å². The molecule has 0 aliphatic carbocycles. The average molecular weight is 266 g/mol. The highest BCUT2D eigenvalue weighted by Gasteiger charge is 2.13. The van der Waals surface area contributed by atoms with Crippen LogP contribution in [0.1, 0.15) is 51.8 Å². The van der Waals surface area contributed by atoms with Gasteiger partial charge in [-0.1, -0.05) is 13.8 Å². The summed E-state index contributed by atoms with van der Waals surface area (Å²) in [5, 5.41) is 10.1. The van der Waals surface area contributed by atoms with Crippen molar-refractivity contribution in [3.05, 3.63) is 17.5 Å². The normalized spacial score (nSPS) is 11.7. The summed E-state index contributed by atoms with van der Waals surface area (Å²) < 4.78 is 1.94. The van der Waals surface area contributed by atoms with E-state index in [0.717, 1.165) is 0 Å². The third-order valence-corrected chi connectivity index (χ3v) is 2.86. The number of carbonyl (C=O) groups is 1. The number of hydrogen-bond donors (Lipinski definition) is 2. The number of nitrogens with one attached hydrogen (secondary N) is 2. The van der Waals surface area contributed by atoms with E-state index in [0.29, 0.717) is 19.0 Å². The van der Waals surface area contributed by atoms with Crippen LogP contribution >= 0.6 is 0 Å². The summed E-state index contributed by atoms with van der Waals surface area (Å²) in [6.45, 7) is 13.5. The second kappa shape index (κ2) is 6.08.